The van der Waals surface area contributed by atoms with Crippen LogP contribution < -0.4 is 5.73 Å². The third-order valence-corrected chi connectivity index (χ3v) is 4.13. The Morgan fingerprint density at radius 3 is 2.38 bits per heavy atom. The van der Waals surface area contributed by atoms with Gasteiger partial charge in [-0.3, -0.25) is 0 Å². The van der Waals surface area contributed by atoms with E-state index in [4.69, 9.17) is 5.73 Å². The van der Waals surface area contributed by atoms with Crippen LogP contribution in [0.15, 0.2) is 24.3 Å². The molecule has 1 aromatic rings. The zero-order valence-electron chi connectivity index (χ0n) is 9.32. The van der Waals surface area contributed by atoms with Gasteiger partial charge in [-0.1, -0.05) is 12.1 Å². The third-order valence-electron chi connectivity index (χ3n) is 3.41. The lowest BCUT2D eigenvalue weighted by Crippen LogP contribution is -2.40. The minimum absolute atomic E-state index is 0.289. The summed E-state index contributed by atoms with van der Waals surface area (Å²) in [7, 11) is 0. The van der Waals surface area contributed by atoms with Crippen molar-refractivity contribution >= 4 is 22.6 Å². The van der Waals surface area contributed by atoms with E-state index in [0.29, 0.717) is 0 Å². The van der Waals surface area contributed by atoms with Gasteiger partial charge in [-0.15, -0.1) is 0 Å². The van der Waals surface area contributed by atoms with Gasteiger partial charge in [0.2, 0.25) is 0 Å². The highest BCUT2D eigenvalue weighted by atomic mass is 127. The van der Waals surface area contributed by atoms with E-state index in [1.54, 1.807) is 0 Å². The minimum atomic E-state index is -0.525. The van der Waals surface area contributed by atoms with E-state index < -0.39 is 5.60 Å². The van der Waals surface area contributed by atoms with Crippen molar-refractivity contribution in [2.45, 2.75) is 43.7 Å². The molecule has 0 bridgehead atoms. The van der Waals surface area contributed by atoms with Gasteiger partial charge in [0.25, 0.3) is 0 Å². The van der Waals surface area contributed by atoms with Crippen molar-refractivity contribution in [1.82, 2.24) is 0 Å². The molecule has 1 saturated carbocycles. The molecule has 0 aliphatic heterocycles. The first kappa shape index (κ1) is 12.3. The highest BCUT2D eigenvalue weighted by molar-refractivity contribution is 14.1. The van der Waals surface area contributed by atoms with Crippen LogP contribution in [0.1, 0.15) is 31.2 Å². The maximum atomic E-state index is 10.5. The summed E-state index contributed by atoms with van der Waals surface area (Å²) in [5, 5.41) is 10.5. The summed E-state index contributed by atoms with van der Waals surface area (Å²) in [5.74, 6) is 0. The van der Waals surface area contributed by atoms with Gasteiger partial charge < -0.3 is 10.8 Å². The number of aliphatic hydroxyl groups is 1. The van der Waals surface area contributed by atoms with E-state index in [2.05, 4.69) is 46.9 Å². The molecule has 0 aromatic heterocycles. The van der Waals surface area contributed by atoms with Crippen molar-refractivity contribution in [3.63, 3.8) is 0 Å². The highest BCUT2D eigenvalue weighted by Crippen LogP contribution is 2.30. The lowest BCUT2D eigenvalue weighted by Gasteiger charge is -2.34. The molecule has 0 radical (unpaired) electrons. The number of halogens is 1. The van der Waals surface area contributed by atoms with Crippen molar-refractivity contribution in [2.75, 3.05) is 0 Å². The van der Waals surface area contributed by atoms with Gasteiger partial charge in [0.15, 0.2) is 0 Å². The Bertz CT molecular complexity index is 341. The second-order valence-electron chi connectivity index (χ2n) is 4.87. The second kappa shape index (κ2) is 5.02. The first-order valence-electron chi connectivity index (χ1n) is 5.80. The van der Waals surface area contributed by atoms with Crippen molar-refractivity contribution in [3.05, 3.63) is 33.4 Å². The molecule has 0 unspecified atom stereocenters. The summed E-state index contributed by atoms with van der Waals surface area (Å²) in [5.41, 5.74) is 6.55. The van der Waals surface area contributed by atoms with Crippen molar-refractivity contribution < 1.29 is 5.11 Å². The lowest BCUT2D eigenvalue weighted by atomic mass is 9.79. The Morgan fingerprint density at radius 1 is 1.25 bits per heavy atom. The van der Waals surface area contributed by atoms with Gasteiger partial charge in [0.1, 0.15) is 0 Å². The fourth-order valence-corrected chi connectivity index (χ4v) is 2.70. The number of hydrogen-bond donors (Lipinski definition) is 2. The predicted octanol–water partition coefficient (Wildman–Crippen LogP) is 2.47. The molecule has 3 heteroatoms. The molecule has 2 rings (SSSR count). The molecule has 0 atom stereocenters. The molecular weight excluding hydrogens is 313 g/mol. The molecule has 16 heavy (non-hydrogen) atoms. The number of benzene rings is 1. The largest absolute Gasteiger partial charge is 0.390 e. The van der Waals surface area contributed by atoms with Gasteiger partial charge >= 0.3 is 0 Å². The predicted molar refractivity (Wildman–Crippen MR) is 74.3 cm³/mol. The Hall–Kier alpha value is -0.130. The first-order chi connectivity index (χ1) is 7.57. The molecule has 3 N–H and O–H groups in total. The lowest BCUT2D eigenvalue weighted by molar-refractivity contribution is 0.000214. The first-order valence-corrected chi connectivity index (χ1v) is 6.88. The Kier molecular flexibility index (Phi) is 3.87. The fraction of sp³-hybridized carbons (Fsp3) is 0.538. The Morgan fingerprint density at radius 2 is 1.81 bits per heavy atom. The van der Waals surface area contributed by atoms with E-state index in [0.717, 1.165) is 32.1 Å². The van der Waals surface area contributed by atoms with Crippen molar-refractivity contribution in [3.8, 4) is 0 Å². The molecule has 0 amide bonds. The maximum Gasteiger partial charge on any atom is 0.0689 e. The average molecular weight is 331 g/mol. The molecule has 0 spiro atoms. The zero-order valence-corrected chi connectivity index (χ0v) is 11.5. The SMILES string of the molecule is NC1CCC(O)(Cc2ccc(I)cc2)CC1. The summed E-state index contributed by atoms with van der Waals surface area (Å²) in [6.45, 7) is 0. The van der Waals surface area contributed by atoms with Crippen LogP contribution in [0.5, 0.6) is 0 Å². The van der Waals surface area contributed by atoms with E-state index in [9.17, 15) is 5.11 Å². The molecule has 0 saturated heterocycles. The molecule has 1 aliphatic carbocycles. The van der Waals surface area contributed by atoms with Crippen LogP contribution in [0.4, 0.5) is 0 Å². The third kappa shape index (κ3) is 3.18. The van der Waals surface area contributed by atoms with Crippen LogP contribution in [0.2, 0.25) is 0 Å². The molecule has 88 valence electrons. The zero-order chi connectivity index (χ0) is 11.6. The molecule has 1 fully saturated rings. The topological polar surface area (TPSA) is 46.2 Å². The summed E-state index contributed by atoms with van der Waals surface area (Å²) in [6.07, 6.45) is 4.32. The van der Waals surface area contributed by atoms with Gasteiger partial charge in [0.05, 0.1) is 5.60 Å². The van der Waals surface area contributed by atoms with Crippen LogP contribution in [0.25, 0.3) is 0 Å². The van der Waals surface area contributed by atoms with Gasteiger partial charge in [-0.05, 0) is 66.0 Å². The standard InChI is InChI=1S/C13H18INO/c14-11-3-1-10(2-4-11)9-13(16)7-5-12(15)6-8-13/h1-4,12,16H,5-9,15H2. The fourth-order valence-electron chi connectivity index (χ4n) is 2.34. The van der Waals surface area contributed by atoms with Crippen molar-refractivity contribution in [1.29, 1.82) is 0 Å². The van der Waals surface area contributed by atoms with Crippen LogP contribution in [-0.4, -0.2) is 16.7 Å². The van der Waals surface area contributed by atoms with Crippen molar-refractivity contribution in [2.24, 2.45) is 5.73 Å². The molecule has 1 aromatic carbocycles. The highest BCUT2D eigenvalue weighted by Gasteiger charge is 2.31. The summed E-state index contributed by atoms with van der Waals surface area (Å²) in [4.78, 5) is 0. The quantitative estimate of drug-likeness (QED) is 0.818. The normalized spacial score (nSPS) is 30.3. The number of nitrogens with two attached hydrogens (primary N) is 1. The van der Waals surface area contributed by atoms with E-state index >= 15 is 0 Å². The van der Waals surface area contributed by atoms with Crippen LogP contribution in [0, 0.1) is 3.57 Å². The number of hydrogen-bond acceptors (Lipinski definition) is 2. The molecular formula is C13H18INO. The number of rotatable bonds is 2. The summed E-state index contributed by atoms with van der Waals surface area (Å²) >= 11 is 2.29. The maximum absolute atomic E-state index is 10.5. The smallest absolute Gasteiger partial charge is 0.0689 e. The summed E-state index contributed by atoms with van der Waals surface area (Å²) < 4.78 is 1.24. The Balaban J connectivity index is 2.00. The van der Waals surface area contributed by atoms with Crippen LogP contribution in [0.3, 0.4) is 0 Å². The molecule has 1 aliphatic rings. The Labute approximate surface area is 110 Å². The van der Waals surface area contributed by atoms with E-state index in [1.165, 1.54) is 9.13 Å². The second-order valence-corrected chi connectivity index (χ2v) is 6.11. The van der Waals surface area contributed by atoms with Gasteiger partial charge in [-0.25, -0.2) is 0 Å². The van der Waals surface area contributed by atoms with Crippen LogP contribution >= 0.6 is 22.6 Å². The monoisotopic (exact) mass is 331 g/mol. The van der Waals surface area contributed by atoms with E-state index in [-0.39, 0.29) is 6.04 Å². The summed E-state index contributed by atoms with van der Waals surface area (Å²) in [6, 6.07) is 8.68. The van der Waals surface area contributed by atoms with Crippen LogP contribution in [-0.2, 0) is 6.42 Å². The van der Waals surface area contributed by atoms with Gasteiger partial charge in [-0.2, -0.15) is 0 Å². The molecule has 0 heterocycles. The van der Waals surface area contributed by atoms with E-state index in [1.807, 2.05) is 0 Å². The minimum Gasteiger partial charge on any atom is -0.390 e. The average Bonchev–Trinajstić information content (AvgIpc) is 2.27. The molecule has 2 nitrogen and oxygen atoms in total. The van der Waals surface area contributed by atoms with Gasteiger partial charge in [0, 0.05) is 16.0 Å².